The van der Waals surface area contributed by atoms with Gasteiger partial charge in [-0.1, -0.05) is 0 Å². The number of carbonyl (C=O) groups is 4. The van der Waals surface area contributed by atoms with Crippen LogP contribution in [0.3, 0.4) is 0 Å². The van der Waals surface area contributed by atoms with Crippen LogP contribution in [0.4, 0.5) is 9.80 Å². The summed E-state index contributed by atoms with van der Waals surface area (Å²) in [4.78, 5) is 58.3. The number of fused-ring (bicyclic) bond motifs is 2. The van der Waals surface area contributed by atoms with Crippen LogP contribution in [0.2, 0.25) is 0 Å². The van der Waals surface area contributed by atoms with Crippen molar-refractivity contribution in [1.29, 1.82) is 0 Å². The Bertz CT molecular complexity index is 1430. The van der Waals surface area contributed by atoms with Crippen LogP contribution in [-0.2, 0) is 14.3 Å². The number of methoxy groups -OCH3 is 1. The molecule has 11 nitrogen and oxygen atoms in total. The third-order valence-corrected chi connectivity index (χ3v) is 10.4. The van der Waals surface area contributed by atoms with Crippen molar-refractivity contribution in [2.75, 3.05) is 51.7 Å². The van der Waals surface area contributed by atoms with Crippen molar-refractivity contribution < 1.29 is 28.7 Å². The number of carbonyl (C=O) groups excluding carboxylic acids is 4. The van der Waals surface area contributed by atoms with E-state index in [4.69, 9.17) is 9.47 Å². The molecule has 1 aromatic heterocycles. The van der Waals surface area contributed by atoms with Gasteiger partial charge in [0.25, 0.3) is 17.7 Å². The lowest BCUT2D eigenvalue weighted by atomic mass is 9.78. The molecule has 6 rings (SSSR count). The molecule has 0 unspecified atom stereocenters. The highest BCUT2D eigenvalue weighted by Crippen LogP contribution is 2.43. The molecule has 238 valence electrons. The molecule has 0 radical (unpaired) electrons. The summed E-state index contributed by atoms with van der Waals surface area (Å²) in [6, 6.07) is 5.74. The van der Waals surface area contributed by atoms with Crippen molar-refractivity contribution in [3.63, 3.8) is 0 Å². The van der Waals surface area contributed by atoms with Crippen molar-refractivity contribution in [2.45, 2.75) is 77.4 Å². The molecule has 4 saturated heterocycles. The van der Waals surface area contributed by atoms with Crippen LogP contribution in [0.1, 0.15) is 76.1 Å². The number of hydrogen-bond donors (Lipinski definition) is 1. The number of rotatable bonds is 4. The lowest BCUT2D eigenvalue weighted by molar-refractivity contribution is -0.145. The van der Waals surface area contributed by atoms with Gasteiger partial charge in [-0.2, -0.15) is 0 Å². The highest BCUT2D eigenvalue weighted by molar-refractivity contribution is 7.23. The SMILES string of the molecule is COc1ccc2c(C(=O)N3CCC(N4CCCC5(C4)C(=O)N4CCCCCN4C5=O)CC3)c(NC(=O)OC(C)(C)C)sc2c1. The Hall–Kier alpha value is -3.38. The number of hydrogen-bond acceptors (Lipinski definition) is 8. The largest absolute Gasteiger partial charge is 0.497 e. The number of hydrazine groups is 1. The molecule has 4 aliphatic heterocycles. The monoisotopic (exact) mass is 625 g/mol. The van der Waals surface area contributed by atoms with E-state index in [9.17, 15) is 19.2 Å². The average molecular weight is 626 g/mol. The van der Waals surface area contributed by atoms with Gasteiger partial charge in [-0.15, -0.1) is 11.3 Å². The molecule has 1 aromatic carbocycles. The predicted octanol–water partition coefficient (Wildman–Crippen LogP) is 4.71. The van der Waals surface area contributed by atoms with Gasteiger partial charge in [0.15, 0.2) is 0 Å². The number of benzene rings is 1. The first-order valence-corrected chi connectivity index (χ1v) is 16.6. The lowest BCUT2D eigenvalue weighted by Gasteiger charge is -2.44. The van der Waals surface area contributed by atoms with Gasteiger partial charge in [0.05, 0.1) is 12.7 Å². The molecule has 12 heteroatoms. The summed E-state index contributed by atoms with van der Waals surface area (Å²) in [5, 5.41) is 7.49. The summed E-state index contributed by atoms with van der Waals surface area (Å²) in [7, 11) is 1.59. The molecule has 1 spiro atoms. The minimum Gasteiger partial charge on any atom is -0.497 e. The second-order valence-electron chi connectivity index (χ2n) is 13.4. The number of likely N-dealkylation sites (tertiary alicyclic amines) is 2. The molecule has 4 aliphatic rings. The second kappa shape index (κ2) is 11.8. The van der Waals surface area contributed by atoms with E-state index in [0.717, 1.165) is 55.2 Å². The van der Waals surface area contributed by atoms with E-state index < -0.39 is 17.1 Å². The molecule has 5 heterocycles. The zero-order chi connectivity index (χ0) is 31.2. The maximum atomic E-state index is 14.1. The fourth-order valence-electron chi connectivity index (χ4n) is 7.19. The first-order valence-electron chi connectivity index (χ1n) is 15.8. The van der Waals surface area contributed by atoms with Crippen LogP contribution < -0.4 is 10.1 Å². The number of anilines is 1. The van der Waals surface area contributed by atoms with Crippen LogP contribution in [0.25, 0.3) is 10.1 Å². The lowest BCUT2D eigenvalue weighted by Crippen LogP contribution is -2.56. The number of amides is 4. The highest BCUT2D eigenvalue weighted by Gasteiger charge is 2.60. The maximum Gasteiger partial charge on any atom is 0.412 e. The van der Waals surface area contributed by atoms with Crippen LogP contribution >= 0.6 is 11.3 Å². The van der Waals surface area contributed by atoms with E-state index in [0.29, 0.717) is 55.5 Å². The van der Waals surface area contributed by atoms with Gasteiger partial charge in [0, 0.05) is 48.9 Å². The van der Waals surface area contributed by atoms with Crippen LogP contribution in [0, 0.1) is 5.41 Å². The summed E-state index contributed by atoms with van der Waals surface area (Å²) in [6.07, 6.45) is 5.22. The Morgan fingerprint density at radius 3 is 2.27 bits per heavy atom. The minimum absolute atomic E-state index is 0.0207. The Labute approximate surface area is 262 Å². The van der Waals surface area contributed by atoms with E-state index in [1.54, 1.807) is 37.9 Å². The molecule has 0 saturated carbocycles. The summed E-state index contributed by atoms with van der Waals surface area (Å²) in [5.41, 5.74) is -1.19. The van der Waals surface area contributed by atoms with Gasteiger partial charge in [-0.05, 0) is 90.5 Å². The van der Waals surface area contributed by atoms with E-state index in [1.165, 1.54) is 11.3 Å². The molecule has 44 heavy (non-hydrogen) atoms. The Balaban J connectivity index is 1.17. The van der Waals surface area contributed by atoms with Gasteiger partial charge in [-0.3, -0.25) is 34.6 Å². The number of nitrogens with one attached hydrogen (secondary N) is 1. The number of thiophene rings is 1. The molecular formula is C32H43N5O6S. The van der Waals surface area contributed by atoms with E-state index in [-0.39, 0.29) is 23.8 Å². The van der Waals surface area contributed by atoms with Gasteiger partial charge in [0.2, 0.25) is 0 Å². The maximum absolute atomic E-state index is 14.1. The molecule has 0 aliphatic carbocycles. The van der Waals surface area contributed by atoms with Gasteiger partial charge in [-0.25, -0.2) is 4.79 Å². The Morgan fingerprint density at radius 1 is 0.955 bits per heavy atom. The van der Waals surface area contributed by atoms with Crippen molar-refractivity contribution in [2.24, 2.45) is 5.41 Å². The Morgan fingerprint density at radius 2 is 1.64 bits per heavy atom. The van der Waals surface area contributed by atoms with E-state index >= 15 is 0 Å². The molecule has 4 fully saturated rings. The summed E-state index contributed by atoms with van der Waals surface area (Å²) in [5.74, 6) is 0.493. The summed E-state index contributed by atoms with van der Waals surface area (Å²) in [6.45, 7) is 9.04. The minimum atomic E-state index is -0.971. The zero-order valence-electron chi connectivity index (χ0n) is 26.1. The quantitative estimate of drug-likeness (QED) is 0.490. The fraction of sp³-hybridized carbons (Fsp3) is 0.625. The predicted molar refractivity (Wildman–Crippen MR) is 168 cm³/mol. The van der Waals surface area contributed by atoms with E-state index in [2.05, 4.69) is 10.2 Å². The summed E-state index contributed by atoms with van der Waals surface area (Å²) < 4.78 is 11.7. The van der Waals surface area contributed by atoms with Gasteiger partial charge in [0.1, 0.15) is 21.8 Å². The number of ether oxygens (including phenoxy) is 2. The molecule has 4 amide bonds. The third-order valence-electron chi connectivity index (χ3n) is 9.33. The molecular weight excluding hydrogens is 582 g/mol. The van der Waals surface area contributed by atoms with Crippen LogP contribution in [0.5, 0.6) is 5.75 Å². The number of piperidine rings is 2. The topological polar surface area (TPSA) is 112 Å². The molecule has 0 bridgehead atoms. The normalized spacial score (nSPS) is 21.5. The van der Waals surface area contributed by atoms with Crippen molar-refractivity contribution in [3.8, 4) is 5.75 Å². The van der Waals surface area contributed by atoms with Crippen molar-refractivity contribution in [3.05, 3.63) is 23.8 Å². The van der Waals surface area contributed by atoms with Crippen LogP contribution in [-0.4, -0.2) is 102 Å². The van der Waals surface area contributed by atoms with Crippen LogP contribution in [0.15, 0.2) is 18.2 Å². The Kier molecular flexibility index (Phi) is 8.25. The first-order chi connectivity index (χ1) is 21.0. The summed E-state index contributed by atoms with van der Waals surface area (Å²) >= 11 is 1.32. The average Bonchev–Trinajstić information content (AvgIpc) is 3.28. The van der Waals surface area contributed by atoms with E-state index in [1.807, 2.05) is 23.1 Å². The van der Waals surface area contributed by atoms with Crippen molar-refractivity contribution in [1.82, 2.24) is 19.8 Å². The fourth-order valence-corrected chi connectivity index (χ4v) is 8.30. The highest BCUT2D eigenvalue weighted by atomic mass is 32.1. The molecule has 1 N–H and O–H groups in total. The van der Waals surface area contributed by atoms with Gasteiger partial charge < -0.3 is 14.4 Å². The smallest absolute Gasteiger partial charge is 0.412 e. The number of nitrogens with zero attached hydrogens (tertiary/aromatic N) is 4. The van der Waals surface area contributed by atoms with Gasteiger partial charge >= 0.3 is 6.09 Å². The molecule has 2 aromatic rings. The zero-order valence-corrected chi connectivity index (χ0v) is 27.0. The van der Waals surface area contributed by atoms with Crippen molar-refractivity contribution >= 4 is 50.2 Å². The first kappa shape index (κ1) is 30.6. The standard InChI is InChI=1S/C32H43N5O6S/c1-31(2,3)43-30(41)33-26-25(23-10-9-22(42-4)19-24(23)44-26)27(38)34-17-11-21(12-18-34)35-14-8-13-32(20-35)28(39)36-15-6-5-7-16-37(36)29(32)40/h9-10,19,21H,5-8,11-18,20H2,1-4H3,(H,33,41). The third kappa shape index (κ3) is 5.62. The molecule has 0 atom stereocenters. The second-order valence-corrected chi connectivity index (χ2v) is 14.4.